The Morgan fingerprint density at radius 2 is 1.36 bits per heavy atom. The van der Waals surface area contributed by atoms with E-state index in [9.17, 15) is 0 Å². The van der Waals surface area contributed by atoms with Crippen LogP contribution in [-0.4, -0.2) is 31.4 Å². The SMILES string of the molecule is CC1=CCCC(C)=CCC(C)(C)C=CC1.CCOc1ccc(Cc2nccc3cc(OCC)c(OCC)cc23)cc1OCC.Cl. The predicted molar refractivity (Wildman–Crippen MR) is 192 cm³/mol. The van der Waals surface area contributed by atoms with Gasteiger partial charge in [-0.25, -0.2) is 0 Å². The summed E-state index contributed by atoms with van der Waals surface area (Å²) < 4.78 is 23.0. The summed E-state index contributed by atoms with van der Waals surface area (Å²) in [5.74, 6) is 3.04. The second-order valence-corrected chi connectivity index (χ2v) is 11.9. The molecule has 1 heterocycles. The fourth-order valence-corrected chi connectivity index (χ4v) is 5.12. The third-order valence-corrected chi connectivity index (χ3v) is 7.51. The van der Waals surface area contributed by atoms with Gasteiger partial charge in [0.05, 0.1) is 32.1 Å². The van der Waals surface area contributed by atoms with Crippen molar-refractivity contribution in [2.45, 2.75) is 87.5 Å². The first kappa shape index (κ1) is 37.7. The van der Waals surface area contributed by atoms with Crippen LogP contribution < -0.4 is 18.9 Å². The van der Waals surface area contributed by atoms with Crippen LogP contribution in [0.1, 0.15) is 92.3 Å². The molecular formula is C39H54ClNO4. The topological polar surface area (TPSA) is 49.8 Å². The highest BCUT2D eigenvalue weighted by Gasteiger charge is 2.14. The molecule has 45 heavy (non-hydrogen) atoms. The second kappa shape index (κ2) is 19.2. The molecule has 0 aliphatic heterocycles. The quantitative estimate of drug-likeness (QED) is 0.207. The average Bonchev–Trinajstić information content (AvgIpc) is 3.01. The van der Waals surface area contributed by atoms with Crippen LogP contribution in [0, 0.1) is 5.41 Å². The summed E-state index contributed by atoms with van der Waals surface area (Å²) in [5.41, 5.74) is 5.44. The predicted octanol–water partition coefficient (Wildman–Crippen LogP) is 10.9. The van der Waals surface area contributed by atoms with Crippen molar-refractivity contribution in [3.05, 3.63) is 89.3 Å². The molecule has 3 aromatic rings. The van der Waals surface area contributed by atoms with Gasteiger partial charge in [0.2, 0.25) is 0 Å². The Morgan fingerprint density at radius 3 is 2.02 bits per heavy atom. The molecule has 0 atom stereocenters. The largest absolute Gasteiger partial charge is 0.490 e. The zero-order valence-corrected chi connectivity index (χ0v) is 29.5. The molecule has 4 rings (SSSR count). The van der Waals surface area contributed by atoms with E-state index in [2.05, 4.69) is 63.0 Å². The van der Waals surface area contributed by atoms with Crippen molar-refractivity contribution in [3.63, 3.8) is 0 Å². The Morgan fingerprint density at radius 1 is 0.733 bits per heavy atom. The summed E-state index contributed by atoms with van der Waals surface area (Å²) in [7, 11) is 0. The molecule has 1 aromatic heterocycles. The molecule has 1 aliphatic carbocycles. The summed E-state index contributed by atoms with van der Waals surface area (Å²) in [6.45, 7) is 19.4. The fourth-order valence-electron chi connectivity index (χ4n) is 5.12. The molecule has 1 aliphatic rings. The molecule has 0 spiro atoms. The van der Waals surface area contributed by atoms with Gasteiger partial charge in [-0.05, 0) is 114 Å². The number of ether oxygens (including phenoxy) is 4. The van der Waals surface area contributed by atoms with Crippen LogP contribution in [-0.2, 0) is 6.42 Å². The highest BCUT2D eigenvalue weighted by atomic mass is 35.5. The van der Waals surface area contributed by atoms with E-state index in [0.29, 0.717) is 38.3 Å². The molecule has 5 nitrogen and oxygen atoms in total. The van der Waals surface area contributed by atoms with E-state index in [1.165, 1.54) is 24.0 Å². The Hall–Kier alpha value is -3.44. The highest BCUT2D eigenvalue weighted by molar-refractivity contribution is 5.88. The number of aromatic nitrogens is 1. The molecule has 2 aromatic carbocycles. The Bertz CT molecular complexity index is 1440. The number of hydrogen-bond donors (Lipinski definition) is 0. The summed E-state index contributed by atoms with van der Waals surface area (Å²) in [5, 5.41) is 2.14. The number of rotatable bonds is 10. The molecule has 0 saturated carbocycles. The minimum atomic E-state index is 0. The van der Waals surface area contributed by atoms with Gasteiger partial charge in [0.1, 0.15) is 0 Å². The lowest BCUT2D eigenvalue weighted by molar-refractivity contribution is 0.287. The van der Waals surface area contributed by atoms with E-state index < -0.39 is 0 Å². The lowest BCUT2D eigenvalue weighted by atomic mass is 9.87. The first-order valence-corrected chi connectivity index (χ1v) is 16.2. The van der Waals surface area contributed by atoms with Crippen LogP contribution in [0.25, 0.3) is 10.8 Å². The minimum absolute atomic E-state index is 0. The first-order valence-electron chi connectivity index (χ1n) is 16.2. The molecule has 0 N–H and O–H groups in total. The van der Waals surface area contributed by atoms with Crippen molar-refractivity contribution in [1.82, 2.24) is 4.98 Å². The number of fused-ring (bicyclic) bond motifs is 1. The van der Waals surface area contributed by atoms with Crippen molar-refractivity contribution in [1.29, 1.82) is 0 Å². The molecule has 0 amide bonds. The van der Waals surface area contributed by atoms with Crippen LogP contribution in [0.5, 0.6) is 23.0 Å². The van der Waals surface area contributed by atoms with Crippen molar-refractivity contribution in [3.8, 4) is 23.0 Å². The van der Waals surface area contributed by atoms with Crippen LogP contribution in [0.2, 0.25) is 0 Å². The summed E-state index contributed by atoms with van der Waals surface area (Å²) in [4.78, 5) is 4.65. The summed E-state index contributed by atoms with van der Waals surface area (Å²) >= 11 is 0. The van der Waals surface area contributed by atoms with Crippen molar-refractivity contribution < 1.29 is 18.9 Å². The summed E-state index contributed by atoms with van der Waals surface area (Å²) in [6, 6.07) is 12.1. The molecule has 0 unspecified atom stereocenters. The molecule has 0 radical (unpaired) electrons. The van der Waals surface area contributed by atoms with E-state index in [0.717, 1.165) is 57.9 Å². The van der Waals surface area contributed by atoms with E-state index in [-0.39, 0.29) is 12.4 Å². The lowest BCUT2D eigenvalue weighted by Crippen LogP contribution is -2.05. The number of nitrogens with zero attached hydrogens (tertiary/aromatic N) is 1. The number of hydrogen-bond acceptors (Lipinski definition) is 5. The van der Waals surface area contributed by atoms with Crippen LogP contribution >= 0.6 is 12.4 Å². The number of halogens is 1. The van der Waals surface area contributed by atoms with Gasteiger partial charge >= 0.3 is 0 Å². The average molecular weight is 636 g/mol. The van der Waals surface area contributed by atoms with E-state index in [4.69, 9.17) is 18.9 Å². The smallest absolute Gasteiger partial charge is 0.161 e. The fraction of sp³-hybridized carbons (Fsp3) is 0.462. The maximum absolute atomic E-state index is 5.81. The normalized spacial score (nSPS) is 14.5. The lowest BCUT2D eigenvalue weighted by Gasteiger charge is -2.18. The van der Waals surface area contributed by atoms with Gasteiger partial charge in [-0.2, -0.15) is 0 Å². The van der Waals surface area contributed by atoms with Gasteiger partial charge in [-0.15, -0.1) is 12.4 Å². The molecule has 0 saturated heterocycles. The van der Waals surface area contributed by atoms with E-state index >= 15 is 0 Å². The number of benzene rings is 2. The molecular weight excluding hydrogens is 582 g/mol. The van der Waals surface area contributed by atoms with Gasteiger partial charge in [-0.1, -0.05) is 55.4 Å². The first-order chi connectivity index (χ1) is 21.2. The van der Waals surface area contributed by atoms with Crippen molar-refractivity contribution in [2.24, 2.45) is 5.41 Å². The van der Waals surface area contributed by atoms with Gasteiger partial charge in [0.25, 0.3) is 0 Å². The van der Waals surface area contributed by atoms with Crippen LogP contribution in [0.4, 0.5) is 0 Å². The van der Waals surface area contributed by atoms with Crippen LogP contribution in [0.15, 0.2) is 78.0 Å². The maximum Gasteiger partial charge on any atom is 0.161 e. The van der Waals surface area contributed by atoms with Gasteiger partial charge < -0.3 is 18.9 Å². The highest BCUT2D eigenvalue weighted by Crippen LogP contribution is 2.35. The molecule has 246 valence electrons. The molecule has 0 bridgehead atoms. The maximum atomic E-state index is 5.81. The van der Waals surface area contributed by atoms with E-state index in [1.54, 1.807) is 0 Å². The minimum Gasteiger partial charge on any atom is -0.490 e. The van der Waals surface area contributed by atoms with E-state index in [1.807, 2.05) is 64.2 Å². The second-order valence-electron chi connectivity index (χ2n) is 11.9. The zero-order chi connectivity index (χ0) is 32.0. The van der Waals surface area contributed by atoms with Crippen molar-refractivity contribution >= 4 is 23.2 Å². The van der Waals surface area contributed by atoms with Gasteiger partial charge in [-0.3, -0.25) is 4.98 Å². The molecule has 6 heteroatoms. The Labute approximate surface area is 278 Å². The van der Waals surface area contributed by atoms with Gasteiger partial charge in [0.15, 0.2) is 23.0 Å². The number of allylic oxidation sites excluding steroid dienone is 6. The van der Waals surface area contributed by atoms with Gasteiger partial charge in [0, 0.05) is 18.0 Å². The third kappa shape index (κ3) is 12.1. The molecule has 0 fully saturated rings. The Kier molecular flexibility index (Phi) is 16.1. The third-order valence-electron chi connectivity index (χ3n) is 7.51. The summed E-state index contributed by atoms with van der Waals surface area (Å²) in [6.07, 6.45) is 16.7. The standard InChI is InChI=1S/C24H29NO4.C15H24.ClH/c1-5-26-21-10-9-17(14-22(21)27-6-2)13-20-19-16-24(29-8-4)23(28-7-3)15-18(19)11-12-25-20;1-13-7-5-8-14(2)10-12-15(3,4)11-6-9-13;/h9-12,14-16H,5-8,13H2,1-4H3;6-7,10-11H,5,8-9,12H2,1-4H3;1H. The van der Waals surface area contributed by atoms with Crippen LogP contribution in [0.3, 0.4) is 0 Å². The zero-order valence-electron chi connectivity index (χ0n) is 28.7. The Balaban J connectivity index is 0.000000374. The number of pyridine rings is 1. The van der Waals surface area contributed by atoms with Crippen molar-refractivity contribution in [2.75, 3.05) is 26.4 Å². The monoisotopic (exact) mass is 635 g/mol.